The number of para-hydroxylation sites is 2. The molecule has 0 spiro atoms. The van der Waals surface area contributed by atoms with Gasteiger partial charge in [-0.25, -0.2) is 4.98 Å². The van der Waals surface area contributed by atoms with Crippen LogP contribution >= 0.6 is 0 Å². The third-order valence-electron chi connectivity index (χ3n) is 7.45. The van der Waals surface area contributed by atoms with Crippen LogP contribution < -0.4 is 5.32 Å². The quantitative estimate of drug-likeness (QED) is 0.240. The Morgan fingerprint density at radius 1 is 0.833 bits per heavy atom. The van der Waals surface area contributed by atoms with E-state index in [-0.39, 0.29) is 5.91 Å². The number of rotatable bonds is 11. The summed E-state index contributed by atoms with van der Waals surface area (Å²) in [7, 11) is 0. The number of nitrogens with one attached hydrogen (secondary N) is 1. The lowest BCUT2D eigenvalue weighted by atomic mass is 9.94. The highest BCUT2D eigenvalue weighted by Crippen LogP contribution is 2.26. The van der Waals surface area contributed by atoms with Crippen LogP contribution in [0.15, 0.2) is 60.7 Å². The maximum atomic E-state index is 12.2. The summed E-state index contributed by atoms with van der Waals surface area (Å²) in [6.45, 7) is 10.5. The first-order valence-corrected chi connectivity index (χ1v) is 13.2. The Hall–Kier alpha value is -3.40. The zero-order chi connectivity index (χ0) is 25.5. The molecule has 0 bridgehead atoms. The lowest BCUT2D eigenvalue weighted by Crippen LogP contribution is -2.24. The third kappa shape index (κ3) is 6.23. The van der Waals surface area contributed by atoms with E-state index in [1.165, 1.54) is 38.9 Å². The smallest absolute Gasteiger partial charge is 0.220 e. The predicted molar refractivity (Wildman–Crippen MR) is 150 cm³/mol. The molecule has 4 nitrogen and oxygen atoms in total. The molecule has 36 heavy (non-hydrogen) atoms. The van der Waals surface area contributed by atoms with E-state index in [0.717, 1.165) is 56.5 Å². The summed E-state index contributed by atoms with van der Waals surface area (Å²) in [6.07, 6.45) is 5.41. The van der Waals surface area contributed by atoms with Gasteiger partial charge in [0, 0.05) is 25.9 Å². The molecule has 0 aliphatic rings. The van der Waals surface area contributed by atoms with Crippen molar-refractivity contribution in [2.24, 2.45) is 0 Å². The van der Waals surface area contributed by atoms with Crippen LogP contribution in [0.1, 0.15) is 64.9 Å². The number of aromatic nitrogens is 2. The van der Waals surface area contributed by atoms with Crippen molar-refractivity contribution in [2.75, 3.05) is 6.54 Å². The molecule has 0 saturated heterocycles. The molecule has 1 N–H and O–H groups in total. The second-order valence-corrected chi connectivity index (χ2v) is 9.99. The minimum absolute atomic E-state index is 0.139. The molecule has 1 amide bonds. The molecule has 4 heteroatoms. The van der Waals surface area contributed by atoms with Gasteiger partial charge in [0.05, 0.1) is 11.0 Å². The van der Waals surface area contributed by atoms with Crippen LogP contribution in [0.25, 0.3) is 11.0 Å². The van der Waals surface area contributed by atoms with Gasteiger partial charge in [-0.15, -0.1) is 0 Å². The van der Waals surface area contributed by atoms with Crippen molar-refractivity contribution in [2.45, 2.75) is 72.8 Å². The number of nitrogens with zero attached hydrogens (tertiary/aromatic N) is 2. The molecule has 0 radical (unpaired) electrons. The number of benzene rings is 3. The van der Waals surface area contributed by atoms with E-state index in [0.29, 0.717) is 6.42 Å². The van der Waals surface area contributed by atoms with Gasteiger partial charge in [-0.2, -0.15) is 0 Å². The van der Waals surface area contributed by atoms with Crippen LogP contribution in [0.5, 0.6) is 0 Å². The molecule has 0 aliphatic heterocycles. The first-order valence-electron chi connectivity index (χ1n) is 13.2. The third-order valence-corrected chi connectivity index (χ3v) is 7.45. The largest absolute Gasteiger partial charge is 0.356 e. The van der Waals surface area contributed by atoms with Crippen molar-refractivity contribution < 1.29 is 4.79 Å². The lowest BCUT2D eigenvalue weighted by molar-refractivity contribution is -0.121. The van der Waals surface area contributed by atoms with Crippen LogP contribution in [-0.2, 0) is 24.2 Å². The fourth-order valence-electron chi connectivity index (χ4n) is 4.99. The van der Waals surface area contributed by atoms with Crippen LogP contribution in [0, 0.1) is 27.7 Å². The fraction of sp³-hybridized carbons (Fsp3) is 0.375. The van der Waals surface area contributed by atoms with Gasteiger partial charge in [-0.05, 0) is 92.5 Å². The number of carbonyl (C=O) groups excluding carboxylic acids is 1. The maximum Gasteiger partial charge on any atom is 0.220 e. The Morgan fingerprint density at radius 2 is 1.53 bits per heavy atom. The Kier molecular flexibility index (Phi) is 8.58. The molecule has 4 rings (SSSR count). The van der Waals surface area contributed by atoms with Crippen LogP contribution in [0.3, 0.4) is 0 Å². The highest BCUT2D eigenvalue weighted by Gasteiger charge is 2.15. The monoisotopic (exact) mass is 481 g/mol. The average molecular weight is 482 g/mol. The van der Waals surface area contributed by atoms with Crippen LogP contribution in [-0.4, -0.2) is 22.0 Å². The summed E-state index contributed by atoms with van der Waals surface area (Å²) in [5.41, 5.74) is 10.4. The topological polar surface area (TPSA) is 46.9 Å². The number of carbonyl (C=O) groups is 1. The number of amides is 1. The second-order valence-electron chi connectivity index (χ2n) is 9.99. The molecule has 0 atom stereocenters. The van der Waals surface area contributed by atoms with E-state index in [4.69, 9.17) is 4.98 Å². The predicted octanol–water partition coefficient (Wildman–Crippen LogP) is 6.78. The zero-order valence-corrected chi connectivity index (χ0v) is 22.2. The van der Waals surface area contributed by atoms with E-state index < -0.39 is 0 Å². The first-order chi connectivity index (χ1) is 17.4. The number of hydrogen-bond donors (Lipinski definition) is 1. The summed E-state index contributed by atoms with van der Waals surface area (Å²) < 4.78 is 2.41. The minimum Gasteiger partial charge on any atom is -0.356 e. The van der Waals surface area contributed by atoms with E-state index >= 15 is 0 Å². The number of imidazole rings is 1. The molecule has 0 fully saturated rings. The number of unbranched alkanes of at least 4 members (excludes halogenated alkanes) is 2. The van der Waals surface area contributed by atoms with Crippen LogP contribution in [0.2, 0.25) is 0 Å². The molecule has 1 heterocycles. The molecule has 0 saturated carbocycles. The van der Waals surface area contributed by atoms with E-state index in [9.17, 15) is 4.79 Å². The summed E-state index contributed by atoms with van der Waals surface area (Å²) in [5.74, 6) is 1.29. The fourth-order valence-corrected chi connectivity index (χ4v) is 4.99. The van der Waals surface area contributed by atoms with Crippen molar-refractivity contribution >= 4 is 16.9 Å². The number of aryl methyl sites for hydroxylation is 4. The summed E-state index contributed by atoms with van der Waals surface area (Å²) in [5, 5.41) is 3.08. The van der Waals surface area contributed by atoms with Crippen molar-refractivity contribution in [1.29, 1.82) is 0 Å². The van der Waals surface area contributed by atoms with Gasteiger partial charge < -0.3 is 9.88 Å². The zero-order valence-electron chi connectivity index (χ0n) is 22.2. The van der Waals surface area contributed by atoms with E-state index in [1.807, 2.05) is 18.2 Å². The summed E-state index contributed by atoms with van der Waals surface area (Å²) in [4.78, 5) is 17.2. The molecule has 1 aromatic heterocycles. The highest BCUT2D eigenvalue weighted by atomic mass is 16.1. The average Bonchev–Trinajstić information content (AvgIpc) is 3.23. The molecule has 188 valence electrons. The molecule has 3 aromatic carbocycles. The van der Waals surface area contributed by atoms with Crippen LogP contribution in [0.4, 0.5) is 0 Å². The standard InChI is InChI=1S/C32H39N3O/c1-23-21-24(2)26(4)28(25(23)3)22-35-30-16-11-10-15-29(30)34-31(35)17-9-6-12-20-33-32(36)19-18-27-13-7-5-8-14-27/h5,7-8,10-11,13-16,21H,6,9,12,17-20,22H2,1-4H3,(H,33,36). The van der Waals surface area contributed by atoms with Crippen molar-refractivity contribution in [3.8, 4) is 0 Å². The van der Waals surface area contributed by atoms with Gasteiger partial charge in [0.15, 0.2) is 0 Å². The summed E-state index contributed by atoms with van der Waals surface area (Å²) >= 11 is 0. The Morgan fingerprint density at radius 3 is 2.28 bits per heavy atom. The van der Waals surface area contributed by atoms with Gasteiger partial charge in [-0.1, -0.05) is 55.0 Å². The van der Waals surface area contributed by atoms with Gasteiger partial charge in [0.1, 0.15) is 5.82 Å². The Labute approximate surface area is 215 Å². The number of hydrogen-bond acceptors (Lipinski definition) is 2. The van der Waals surface area contributed by atoms with Crippen molar-refractivity contribution in [3.05, 3.63) is 99.9 Å². The molecule has 0 unspecified atom stereocenters. The lowest BCUT2D eigenvalue weighted by Gasteiger charge is -2.18. The SMILES string of the molecule is Cc1cc(C)c(C)c(Cn2c(CCCCCNC(=O)CCc3ccccc3)nc3ccccc32)c1C. The van der Waals surface area contributed by atoms with Crippen molar-refractivity contribution in [3.63, 3.8) is 0 Å². The van der Waals surface area contributed by atoms with E-state index in [2.05, 4.69) is 80.0 Å². The molecular weight excluding hydrogens is 442 g/mol. The minimum atomic E-state index is 0.139. The van der Waals surface area contributed by atoms with Gasteiger partial charge in [0.25, 0.3) is 0 Å². The second kappa shape index (κ2) is 12.0. The van der Waals surface area contributed by atoms with Crippen molar-refractivity contribution in [1.82, 2.24) is 14.9 Å². The Balaban J connectivity index is 1.33. The molecule has 4 aromatic rings. The van der Waals surface area contributed by atoms with Gasteiger partial charge in [0.2, 0.25) is 5.91 Å². The van der Waals surface area contributed by atoms with Gasteiger partial charge in [-0.3, -0.25) is 4.79 Å². The maximum absolute atomic E-state index is 12.2. The highest BCUT2D eigenvalue weighted by molar-refractivity contribution is 5.76. The van der Waals surface area contributed by atoms with Gasteiger partial charge >= 0.3 is 0 Å². The summed E-state index contributed by atoms with van der Waals surface area (Å²) in [6, 6.07) is 20.9. The normalized spacial score (nSPS) is 11.2. The Bertz CT molecular complexity index is 1290. The first kappa shape index (κ1) is 25.7. The number of fused-ring (bicyclic) bond motifs is 1. The molecular formula is C32H39N3O. The molecule has 0 aliphatic carbocycles. The van der Waals surface area contributed by atoms with E-state index in [1.54, 1.807) is 0 Å².